The Morgan fingerprint density at radius 1 is 1.36 bits per heavy atom. The second kappa shape index (κ2) is 4.13. The second-order valence-electron chi connectivity index (χ2n) is 3.51. The first kappa shape index (κ1) is 9.71. The zero-order chi connectivity index (χ0) is 9.97. The molecule has 3 heteroatoms. The third kappa shape index (κ3) is 1.98. The number of amides is 1. The first-order chi connectivity index (χ1) is 6.77. The van der Waals surface area contributed by atoms with Crippen LogP contribution in [-0.4, -0.2) is 17.4 Å². The van der Waals surface area contributed by atoms with Gasteiger partial charge in [0.2, 0.25) is 5.91 Å². The molecule has 1 fully saturated rings. The summed E-state index contributed by atoms with van der Waals surface area (Å²) in [6.07, 6.45) is 1.72. The summed E-state index contributed by atoms with van der Waals surface area (Å²) in [6, 6.07) is 8.05. The van der Waals surface area contributed by atoms with Crippen molar-refractivity contribution in [3.63, 3.8) is 0 Å². The molecule has 1 aromatic carbocycles. The van der Waals surface area contributed by atoms with Crippen molar-refractivity contribution >= 4 is 21.8 Å². The number of hydrogen-bond donors (Lipinski definition) is 0. The summed E-state index contributed by atoms with van der Waals surface area (Å²) in [6.45, 7) is 1.64. The van der Waals surface area contributed by atoms with E-state index < -0.39 is 0 Å². The molecule has 0 spiro atoms. The zero-order valence-corrected chi connectivity index (χ0v) is 9.46. The summed E-state index contributed by atoms with van der Waals surface area (Å²) in [4.78, 5) is 13.3. The molecule has 0 aliphatic carbocycles. The standard InChI is InChI=1S/C11H12BrNO/c12-10-5-2-1-4-9(10)8-13-7-3-6-11(13)14/h1-2,4-5H,3,6-8H2. The predicted molar refractivity (Wildman–Crippen MR) is 58.8 cm³/mol. The van der Waals surface area contributed by atoms with Crippen LogP contribution in [0.3, 0.4) is 0 Å². The Morgan fingerprint density at radius 2 is 2.14 bits per heavy atom. The van der Waals surface area contributed by atoms with Gasteiger partial charge in [0, 0.05) is 24.0 Å². The van der Waals surface area contributed by atoms with Crippen LogP contribution in [0.5, 0.6) is 0 Å². The third-order valence-electron chi connectivity index (χ3n) is 2.49. The van der Waals surface area contributed by atoms with E-state index in [9.17, 15) is 4.79 Å². The Hall–Kier alpha value is -0.830. The molecule has 2 rings (SSSR count). The van der Waals surface area contributed by atoms with Crippen molar-refractivity contribution in [2.75, 3.05) is 6.54 Å². The van der Waals surface area contributed by atoms with Gasteiger partial charge < -0.3 is 4.90 Å². The van der Waals surface area contributed by atoms with Crippen LogP contribution in [0.1, 0.15) is 18.4 Å². The molecule has 1 aliphatic rings. The molecule has 0 aromatic heterocycles. The fourth-order valence-electron chi connectivity index (χ4n) is 1.70. The van der Waals surface area contributed by atoms with Crippen LogP contribution >= 0.6 is 15.9 Å². The van der Waals surface area contributed by atoms with Gasteiger partial charge in [0.05, 0.1) is 0 Å². The van der Waals surface area contributed by atoms with Crippen molar-refractivity contribution in [3.05, 3.63) is 34.3 Å². The molecule has 14 heavy (non-hydrogen) atoms. The average molecular weight is 254 g/mol. The van der Waals surface area contributed by atoms with E-state index in [0.717, 1.165) is 24.0 Å². The molecule has 1 aliphatic heterocycles. The van der Waals surface area contributed by atoms with Gasteiger partial charge in [0.1, 0.15) is 0 Å². The Morgan fingerprint density at radius 3 is 2.79 bits per heavy atom. The molecular weight excluding hydrogens is 242 g/mol. The van der Waals surface area contributed by atoms with Gasteiger partial charge in [-0.2, -0.15) is 0 Å². The smallest absolute Gasteiger partial charge is 0.222 e. The third-order valence-corrected chi connectivity index (χ3v) is 3.26. The van der Waals surface area contributed by atoms with Gasteiger partial charge in [0.25, 0.3) is 0 Å². The van der Waals surface area contributed by atoms with Crippen LogP contribution in [0.4, 0.5) is 0 Å². The minimum atomic E-state index is 0.278. The molecule has 1 saturated heterocycles. The molecule has 0 radical (unpaired) electrons. The molecule has 1 heterocycles. The van der Waals surface area contributed by atoms with Crippen molar-refractivity contribution in [1.82, 2.24) is 4.90 Å². The summed E-state index contributed by atoms with van der Waals surface area (Å²) in [5.74, 6) is 0.278. The van der Waals surface area contributed by atoms with Gasteiger partial charge in [-0.3, -0.25) is 4.79 Å². The largest absolute Gasteiger partial charge is 0.338 e. The van der Waals surface area contributed by atoms with E-state index >= 15 is 0 Å². The monoisotopic (exact) mass is 253 g/mol. The van der Waals surface area contributed by atoms with Crippen LogP contribution < -0.4 is 0 Å². The van der Waals surface area contributed by atoms with E-state index in [1.54, 1.807) is 0 Å². The fourth-order valence-corrected chi connectivity index (χ4v) is 2.11. The normalized spacial score (nSPS) is 16.4. The average Bonchev–Trinajstić information content (AvgIpc) is 2.56. The first-order valence-corrected chi connectivity index (χ1v) is 5.58. The molecule has 0 unspecified atom stereocenters. The number of carbonyl (C=O) groups excluding carboxylic acids is 1. The van der Waals surface area contributed by atoms with Crippen molar-refractivity contribution in [2.24, 2.45) is 0 Å². The van der Waals surface area contributed by atoms with Crippen molar-refractivity contribution in [1.29, 1.82) is 0 Å². The van der Waals surface area contributed by atoms with Crippen molar-refractivity contribution < 1.29 is 4.79 Å². The maximum atomic E-state index is 11.4. The SMILES string of the molecule is O=C1CCCN1Cc1ccccc1Br. The lowest BCUT2D eigenvalue weighted by Gasteiger charge is -2.16. The number of likely N-dealkylation sites (tertiary alicyclic amines) is 1. The number of carbonyl (C=O) groups is 1. The highest BCUT2D eigenvalue weighted by Gasteiger charge is 2.20. The Kier molecular flexibility index (Phi) is 2.87. The number of rotatable bonds is 2. The molecule has 2 nitrogen and oxygen atoms in total. The molecule has 0 N–H and O–H groups in total. The molecule has 0 bridgehead atoms. The van der Waals surface area contributed by atoms with Crippen LogP contribution in [0.15, 0.2) is 28.7 Å². The molecular formula is C11H12BrNO. The Labute approximate surface area is 92.0 Å². The van der Waals surface area contributed by atoms with E-state index in [0.29, 0.717) is 6.42 Å². The summed E-state index contributed by atoms with van der Waals surface area (Å²) < 4.78 is 1.08. The van der Waals surface area contributed by atoms with E-state index in [4.69, 9.17) is 0 Å². The number of benzene rings is 1. The van der Waals surface area contributed by atoms with E-state index in [1.165, 1.54) is 5.56 Å². The van der Waals surface area contributed by atoms with Crippen LogP contribution in [0.2, 0.25) is 0 Å². The summed E-state index contributed by atoms with van der Waals surface area (Å²) >= 11 is 3.49. The summed E-state index contributed by atoms with van der Waals surface area (Å²) in [7, 11) is 0. The second-order valence-corrected chi connectivity index (χ2v) is 4.36. The van der Waals surface area contributed by atoms with E-state index in [1.807, 2.05) is 23.1 Å². The van der Waals surface area contributed by atoms with Gasteiger partial charge in [-0.05, 0) is 18.1 Å². The van der Waals surface area contributed by atoms with Gasteiger partial charge in [0.15, 0.2) is 0 Å². The number of halogens is 1. The highest BCUT2D eigenvalue weighted by molar-refractivity contribution is 9.10. The quantitative estimate of drug-likeness (QED) is 0.794. The van der Waals surface area contributed by atoms with E-state index in [2.05, 4.69) is 22.0 Å². The van der Waals surface area contributed by atoms with Gasteiger partial charge in [-0.1, -0.05) is 34.1 Å². The van der Waals surface area contributed by atoms with Gasteiger partial charge >= 0.3 is 0 Å². The van der Waals surface area contributed by atoms with E-state index in [-0.39, 0.29) is 5.91 Å². The van der Waals surface area contributed by atoms with Crippen molar-refractivity contribution in [2.45, 2.75) is 19.4 Å². The first-order valence-electron chi connectivity index (χ1n) is 4.78. The van der Waals surface area contributed by atoms with Crippen LogP contribution in [0.25, 0.3) is 0 Å². The van der Waals surface area contributed by atoms with Gasteiger partial charge in [-0.15, -0.1) is 0 Å². The maximum absolute atomic E-state index is 11.4. The lowest BCUT2D eigenvalue weighted by atomic mass is 10.2. The topological polar surface area (TPSA) is 20.3 Å². The predicted octanol–water partition coefficient (Wildman–Crippen LogP) is 2.57. The number of nitrogens with zero attached hydrogens (tertiary/aromatic N) is 1. The lowest BCUT2D eigenvalue weighted by Crippen LogP contribution is -2.23. The summed E-state index contributed by atoms with van der Waals surface area (Å²) in [5, 5.41) is 0. The lowest BCUT2D eigenvalue weighted by molar-refractivity contribution is -0.128. The van der Waals surface area contributed by atoms with Crippen molar-refractivity contribution in [3.8, 4) is 0 Å². The minimum Gasteiger partial charge on any atom is -0.338 e. The zero-order valence-electron chi connectivity index (χ0n) is 7.87. The highest BCUT2D eigenvalue weighted by Crippen LogP contribution is 2.20. The molecule has 0 saturated carbocycles. The number of hydrogen-bond acceptors (Lipinski definition) is 1. The molecule has 0 atom stereocenters. The molecule has 74 valence electrons. The highest BCUT2D eigenvalue weighted by atomic mass is 79.9. The van der Waals surface area contributed by atoms with Crippen LogP contribution in [0, 0.1) is 0 Å². The molecule has 1 amide bonds. The van der Waals surface area contributed by atoms with Crippen LogP contribution in [-0.2, 0) is 11.3 Å². The summed E-state index contributed by atoms with van der Waals surface area (Å²) in [5.41, 5.74) is 1.18. The Balaban J connectivity index is 2.10. The van der Waals surface area contributed by atoms with Gasteiger partial charge in [-0.25, -0.2) is 0 Å². The fraction of sp³-hybridized carbons (Fsp3) is 0.364. The minimum absolute atomic E-state index is 0.278. The Bertz CT molecular complexity index is 351. The molecule has 1 aromatic rings. The maximum Gasteiger partial charge on any atom is 0.222 e.